The Kier molecular flexibility index (Phi) is 8.18. The van der Waals surface area contributed by atoms with Gasteiger partial charge >= 0.3 is 0 Å². The average molecular weight is 316 g/mol. The molecule has 1 aromatic rings. The Morgan fingerprint density at radius 3 is 2.57 bits per heavy atom. The van der Waals surface area contributed by atoms with Crippen LogP contribution in [0.4, 0.5) is 0 Å². The standard InChI is InChI=1S/C19H28N2O2/c1-5-21(6-2)19(22)17(14-20)10-8-12-23-18-11-7-9-16(13-18)15(3)4/h7,9,11,13,15,17H,5-6,8,10,12H2,1-4H3. The van der Waals surface area contributed by atoms with Crippen molar-refractivity contribution >= 4 is 5.91 Å². The summed E-state index contributed by atoms with van der Waals surface area (Å²) in [6, 6.07) is 10.2. The molecule has 0 spiro atoms. The minimum absolute atomic E-state index is 0.0701. The number of amides is 1. The van der Waals surface area contributed by atoms with Gasteiger partial charge in [-0.05, 0) is 50.3 Å². The summed E-state index contributed by atoms with van der Waals surface area (Å²) in [5.74, 6) is 0.674. The molecular weight excluding hydrogens is 288 g/mol. The largest absolute Gasteiger partial charge is 0.494 e. The smallest absolute Gasteiger partial charge is 0.239 e. The highest BCUT2D eigenvalue weighted by Crippen LogP contribution is 2.20. The van der Waals surface area contributed by atoms with Crippen LogP contribution in [0.15, 0.2) is 24.3 Å². The van der Waals surface area contributed by atoms with Crippen LogP contribution in [0.2, 0.25) is 0 Å². The van der Waals surface area contributed by atoms with Crippen LogP contribution >= 0.6 is 0 Å². The second-order valence-corrected chi connectivity index (χ2v) is 5.91. The van der Waals surface area contributed by atoms with E-state index in [1.165, 1.54) is 5.56 Å². The Balaban J connectivity index is 2.45. The van der Waals surface area contributed by atoms with Gasteiger partial charge < -0.3 is 9.64 Å². The summed E-state index contributed by atoms with van der Waals surface area (Å²) >= 11 is 0. The van der Waals surface area contributed by atoms with Crippen LogP contribution in [0.1, 0.15) is 52.0 Å². The zero-order chi connectivity index (χ0) is 17.2. The van der Waals surface area contributed by atoms with Gasteiger partial charge in [-0.25, -0.2) is 0 Å². The third-order valence-electron chi connectivity index (χ3n) is 3.96. The van der Waals surface area contributed by atoms with Crippen molar-refractivity contribution in [1.82, 2.24) is 4.90 Å². The number of benzene rings is 1. The summed E-state index contributed by atoms with van der Waals surface area (Å²) in [6.07, 6.45) is 1.23. The predicted octanol–water partition coefficient (Wildman–Crippen LogP) is 3.98. The lowest BCUT2D eigenvalue weighted by atomic mass is 10.0. The molecule has 4 heteroatoms. The number of hydrogen-bond acceptors (Lipinski definition) is 3. The number of hydrogen-bond donors (Lipinski definition) is 0. The van der Waals surface area contributed by atoms with Crippen molar-refractivity contribution in [2.75, 3.05) is 19.7 Å². The fraction of sp³-hybridized carbons (Fsp3) is 0.579. The van der Waals surface area contributed by atoms with Gasteiger partial charge in [0.05, 0.1) is 12.7 Å². The maximum atomic E-state index is 12.2. The lowest BCUT2D eigenvalue weighted by Gasteiger charge is -2.21. The number of carbonyl (C=O) groups excluding carboxylic acids is 1. The van der Waals surface area contributed by atoms with Crippen LogP contribution in [0.5, 0.6) is 5.75 Å². The van der Waals surface area contributed by atoms with Crippen LogP contribution in [-0.4, -0.2) is 30.5 Å². The molecule has 23 heavy (non-hydrogen) atoms. The molecule has 0 aromatic heterocycles. The minimum Gasteiger partial charge on any atom is -0.494 e. The second-order valence-electron chi connectivity index (χ2n) is 5.91. The fourth-order valence-electron chi connectivity index (χ4n) is 2.44. The molecule has 0 aliphatic carbocycles. The quantitative estimate of drug-likeness (QED) is 0.648. The van der Waals surface area contributed by atoms with Crippen molar-refractivity contribution < 1.29 is 9.53 Å². The number of ether oxygens (including phenoxy) is 1. The number of carbonyl (C=O) groups is 1. The van der Waals surface area contributed by atoms with E-state index < -0.39 is 5.92 Å². The van der Waals surface area contributed by atoms with E-state index in [1.54, 1.807) is 4.90 Å². The molecule has 1 atom stereocenters. The highest BCUT2D eigenvalue weighted by Gasteiger charge is 2.21. The summed E-state index contributed by atoms with van der Waals surface area (Å²) in [7, 11) is 0. The zero-order valence-corrected chi connectivity index (χ0v) is 14.7. The SMILES string of the molecule is CCN(CC)C(=O)C(C#N)CCCOc1cccc(C(C)C)c1. The van der Waals surface area contributed by atoms with Crippen molar-refractivity contribution in [3.63, 3.8) is 0 Å². The first kappa shape index (κ1) is 19.0. The number of rotatable bonds is 9. The van der Waals surface area contributed by atoms with E-state index in [1.807, 2.05) is 32.0 Å². The van der Waals surface area contributed by atoms with Crippen LogP contribution in [0.3, 0.4) is 0 Å². The molecule has 126 valence electrons. The summed E-state index contributed by atoms with van der Waals surface area (Å²) in [6.45, 7) is 9.97. The number of nitriles is 1. The van der Waals surface area contributed by atoms with Gasteiger partial charge in [-0.3, -0.25) is 4.79 Å². The summed E-state index contributed by atoms with van der Waals surface area (Å²) in [5, 5.41) is 9.21. The monoisotopic (exact) mass is 316 g/mol. The van der Waals surface area contributed by atoms with Gasteiger partial charge in [-0.2, -0.15) is 5.26 Å². The van der Waals surface area contributed by atoms with Crippen molar-refractivity contribution in [2.24, 2.45) is 5.92 Å². The summed E-state index contributed by atoms with van der Waals surface area (Å²) in [4.78, 5) is 13.9. The van der Waals surface area contributed by atoms with Crippen LogP contribution < -0.4 is 4.74 Å². The third-order valence-corrected chi connectivity index (χ3v) is 3.96. The van der Waals surface area contributed by atoms with E-state index in [2.05, 4.69) is 26.0 Å². The van der Waals surface area contributed by atoms with Crippen molar-refractivity contribution in [3.8, 4) is 11.8 Å². The molecule has 1 amide bonds. The molecule has 4 nitrogen and oxygen atoms in total. The van der Waals surface area contributed by atoms with Gasteiger partial charge in [0.15, 0.2) is 0 Å². The topological polar surface area (TPSA) is 53.3 Å². The Labute approximate surface area is 140 Å². The van der Waals surface area contributed by atoms with Crippen LogP contribution in [0, 0.1) is 17.2 Å². The van der Waals surface area contributed by atoms with Crippen LogP contribution in [-0.2, 0) is 4.79 Å². The van der Waals surface area contributed by atoms with E-state index in [4.69, 9.17) is 4.74 Å². The van der Waals surface area contributed by atoms with E-state index in [9.17, 15) is 10.1 Å². The molecule has 0 fully saturated rings. The molecule has 0 bridgehead atoms. The predicted molar refractivity (Wildman–Crippen MR) is 92.3 cm³/mol. The van der Waals surface area contributed by atoms with E-state index >= 15 is 0 Å². The maximum Gasteiger partial charge on any atom is 0.239 e. The summed E-state index contributed by atoms with van der Waals surface area (Å²) in [5.41, 5.74) is 1.24. The van der Waals surface area contributed by atoms with Crippen LogP contribution in [0.25, 0.3) is 0 Å². The van der Waals surface area contributed by atoms with Crippen molar-refractivity contribution in [2.45, 2.75) is 46.5 Å². The second kappa shape index (κ2) is 9.89. The molecule has 0 heterocycles. The fourth-order valence-corrected chi connectivity index (χ4v) is 2.44. The molecule has 0 aliphatic rings. The molecule has 0 N–H and O–H groups in total. The zero-order valence-electron chi connectivity index (χ0n) is 14.7. The average Bonchev–Trinajstić information content (AvgIpc) is 2.56. The lowest BCUT2D eigenvalue weighted by molar-refractivity contribution is -0.133. The molecule has 0 radical (unpaired) electrons. The molecule has 1 unspecified atom stereocenters. The number of nitrogens with zero attached hydrogens (tertiary/aromatic N) is 2. The van der Waals surface area contributed by atoms with Gasteiger partial charge in [0.25, 0.3) is 0 Å². The first-order chi connectivity index (χ1) is 11.0. The van der Waals surface area contributed by atoms with Crippen molar-refractivity contribution in [1.29, 1.82) is 5.26 Å². The Morgan fingerprint density at radius 2 is 2.00 bits per heavy atom. The van der Waals surface area contributed by atoms with Gasteiger partial charge in [0.1, 0.15) is 11.7 Å². The van der Waals surface area contributed by atoms with Gasteiger partial charge in [0, 0.05) is 13.1 Å². The first-order valence-electron chi connectivity index (χ1n) is 8.44. The molecule has 0 saturated heterocycles. The Hall–Kier alpha value is -2.02. The van der Waals surface area contributed by atoms with E-state index in [0.717, 1.165) is 5.75 Å². The van der Waals surface area contributed by atoms with Crippen molar-refractivity contribution in [3.05, 3.63) is 29.8 Å². The molecule has 0 aliphatic heterocycles. The highest BCUT2D eigenvalue weighted by molar-refractivity contribution is 5.81. The third kappa shape index (κ3) is 5.94. The van der Waals surface area contributed by atoms with Gasteiger partial charge in [-0.1, -0.05) is 26.0 Å². The molecule has 0 saturated carbocycles. The molecule has 1 aromatic carbocycles. The lowest BCUT2D eigenvalue weighted by Crippen LogP contribution is -2.35. The normalized spacial score (nSPS) is 11.8. The van der Waals surface area contributed by atoms with Gasteiger partial charge in [0.2, 0.25) is 5.91 Å². The highest BCUT2D eigenvalue weighted by atomic mass is 16.5. The van der Waals surface area contributed by atoms with E-state index in [0.29, 0.717) is 38.5 Å². The molecule has 1 rings (SSSR count). The first-order valence-corrected chi connectivity index (χ1v) is 8.44. The molecular formula is C19H28N2O2. The van der Waals surface area contributed by atoms with Gasteiger partial charge in [-0.15, -0.1) is 0 Å². The van der Waals surface area contributed by atoms with E-state index in [-0.39, 0.29) is 5.91 Å². The summed E-state index contributed by atoms with van der Waals surface area (Å²) < 4.78 is 5.75. The Bertz CT molecular complexity index is 530. The Morgan fingerprint density at radius 1 is 1.30 bits per heavy atom. The maximum absolute atomic E-state index is 12.2. The minimum atomic E-state index is -0.569.